The molecular formula is C11H20O2S. The molecule has 2 nitrogen and oxygen atoms in total. The molecule has 1 fully saturated rings. The number of hydrogen-bond donors (Lipinski definition) is 1. The fourth-order valence-electron chi connectivity index (χ4n) is 1.87. The molecule has 0 saturated heterocycles. The highest BCUT2D eigenvalue weighted by Crippen LogP contribution is 2.35. The van der Waals surface area contributed by atoms with E-state index in [1.165, 1.54) is 0 Å². The molecule has 1 aliphatic rings. The van der Waals surface area contributed by atoms with Crippen molar-refractivity contribution in [1.29, 1.82) is 0 Å². The third-order valence-corrected chi connectivity index (χ3v) is 4.93. The molecule has 0 aliphatic heterocycles. The van der Waals surface area contributed by atoms with Crippen LogP contribution in [0.1, 0.15) is 40.0 Å². The maximum atomic E-state index is 11.4. The van der Waals surface area contributed by atoms with Crippen LogP contribution >= 0.6 is 11.8 Å². The highest BCUT2D eigenvalue weighted by Gasteiger charge is 2.39. The van der Waals surface area contributed by atoms with Crippen LogP contribution in [0.2, 0.25) is 0 Å². The van der Waals surface area contributed by atoms with Gasteiger partial charge in [-0.15, -0.1) is 0 Å². The third-order valence-electron chi connectivity index (χ3n) is 3.08. The number of carbonyl (C=O) groups excluding carboxylic acids is 1. The Morgan fingerprint density at radius 2 is 2.07 bits per heavy atom. The molecule has 1 rings (SSSR count). The average molecular weight is 216 g/mol. The summed E-state index contributed by atoms with van der Waals surface area (Å²) in [5, 5.41) is 10.6. The first-order valence-corrected chi connectivity index (χ1v) is 6.40. The highest BCUT2D eigenvalue weighted by atomic mass is 32.2. The van der Waals surface area contributed by atoms with Crippen LogP contribution in [-0.2, 0) is 4.79 Å². The molecule has 1 saturated carbocycles. The summed E-state index contributed by atoms with van der Waals surface area (Å²) in [5.74, 6) is 0.0721. The minimum Gasteiger partial charge on any atom is -0.391 e. The van der Waals surface area contributed by atoms with Gasteiger partial charge in [0.25, 0.3) is 0 Å². The van der Waals surface area contributed by atoms with Crippen LogP contribution in [0.4, 0.5) is 0 Å². The summed E-state index contributed by atoms with van der Waals surface area (Å²) in [7, 11) is 0. The highest BCUT2D eigenvalue weighted by molar-refractivity contribution is 8.00. The quantitative estimate of drug-likeness (QED) is 0.783. The summed E-state index contributed by atoms with van der Waals surface area (Å²) < 4.78 is 0. The van der Waals surface area contributed by atoms with Crippen molar-refractivity contribution < 1.29 is 9.90 Å². The van der Waals surface area contributed by atoms with Gasteiger partial charge in [0.2, 0.25) is 0 Å². The fraction of sp³-hybridized carbons (Fsp3) is 0.909. The Balaban J connectivity index is 2.50. The van der Waals surface area contributed by atoms with E-state index in [1.807, 2.05) is 6.92 Å². The Morgan fingerprint density at radius 1 is 1.50 bits per heavy atom. The van der Waals surface area contributed by atoms with Crippen molar-refractivity contribution in [2.75, 3.05) is 0 Å². The summed E-state index contributed by atoms with van der Waals surface area (Å²) in [6.07, 6.45) is 2.37. The molecule has 0 radical (unpaired) electrons. The lowest BCUT2D eigenvalue weighted by Crippen LogP contribution is -2.24. The van der Waals surface area contributed by atoms with Gasteiger partial charge in [-0.1, -0.05) is 20.8 Å². The van der Waals surface area contributed by atoms with Crippen LogP contribution in [-0.4, -0.2) is 27.5 Å². The molecule has 3 unspecified atom stereocenters. The van der Waals surface area contributed by atoms with Crippen LogP contribution in [0.15, 0.2) is 0 Å². The summed E-state index contributed by atoms with van der Waals surface area (Å²) in [6.45, 7) is 6.15. The van der Waals surface area contributed by atoms with Gasteiger partial charge in [0.05, 0.1) is 6.10 Å². The van der Waals surface area contributed by atoms with Gasteiger partial charge in [-0.2, -0.15) is 11.8 Å². The Bertz CT molecular complexity index is 201. The maximum absolute atomic E-state index is 11.4. The molecule has 0 spiro atoms. The largest absolute Gasteiger partial charge is 0.391 e. The van der Waals surface area contributed by atoms with Crippen LogP contribution in [0.3, 0.4) is 0 Å². The van der Waals surface area contributed by atoms with Crippen molar-refractivity contribution >= 4 is 17.5 Å². The van der Waals surface area contributed by atoms with Gasteiger partial charge in [-0.05, 0) is 12.8 Å². The van der Waals surface area contributed by atoms with Crippen LogP contribution < -0.4 is 0 Å². The second-order valence-electron chi connectivity index (χ2n) is 4.06. The second kappa shape index (κ2) is 5.17. The number of hydrogen-bond acceptors (Lipinski definition) is 3. The predicted octanol–water partition coefficient (Wildman–Crippen LogP) is 2.25. The zero-order chi connectivity index (χ0) is 10.7. The number of thioether (sulfide) groups is 1. The van der Waals surface area contributed by atoms with Crippen molar-refractivity contribution in [2.24, 2.45) is 5.92 Å². The van der Waals surface area contributed by atoms with Crippen molar-refractivity contribution in [3.63, 3.8) is 0 Å². The SMILES string of the molecule is CCC(CC)SC1CC(=O)C(C)C1O. The summed E-state index contributed by atoms with van der Waals surface area (Å²) in [6, 6.07) is 0. The van der Waals surface area contributed by atoms with Gasteiger partial charge in [-0.3, -0.25) is 4.79 Å². The molecule has 3 heteroatoms. The molecule has 1 aliphatic carbocycles. The molecule has 0 bridgehead atoms. The van der Waals surface area contributed by atoms with Gasteiger partial charge in [0.1, 0.15) is 5.78 Å². The first kappa shape index (κ1) is 12.1. The lowest BCUT2D eigenvalue weighted by Gasteiger charge is -2.20. The monoisotopic (exact) mass is 216 g/mol. The van der Waals surface area contributed by atoms with E-state index in [1.54, 1.807) is 11.8 Å². The van der Waals surface area contributed by atoms with Crippen LogP contribution in [0.25, 0.3) is 0 Å². The van der Waals surface area contributed by atoms with E-state index in [0.717, 1.165) is 12.8 Å². The lowest BCUT2D eigenvalue weighted by molar-refractivity contribution is -0.121. The Morgan fingerprint density at radius 3 is 2.43 bits per heavy atom. The Labute approximate surface area is 90.5 Å². The van der Waals surface area contributed by atoms with E-state index in [9.17, 15) is 9.90 Å². The standard InChI is InChI=1S/C11H20O2S/c1-4-8(5-2)14-10-6-9(12)7(3)11(10)13/h7-8,10-11,13H,4-6H2,1-3H3. The number of Topliss-reactive ketones (excluding diaryl/α,β-unsaturated/α-hetero) is 1. The van der Waals surface area contributed by atoms with Crippen LogP contribution in [0, 0.1) is 5.92 Å². The number of aliphatic hydroxyl groups excluding tert-OH is 1. The molecule has 0 amide bonds. The van der Waals surface area contributed by atoms with E-state index in [2.05, 4.69) is 13.8 Å². The molecule has 14 heavy (non-hydrogen) atoms. The van der Waals surface area contributed by atoms with Gasteiger partial charge >= 0.3 is 0 Å². The van der Waals surface area contributed by atoms with Crippen molar-refractivity contribution in [2.45, 2.75) is 56.6 Å². The topological polar surface area (TPSA) is 37.3 Å². The maximum Gasteiger partial charge on any atom is 0.139 e. The van der Waals surface area contributed by atoms with E-state index < -0.39 is 6.10 Å². The first-order valence-electron chi connectivity index (χ1n) is 5.46. The van der Waals surface area contributed by atoms with Crippen LogP contribution in [0.5, 0.6) is 0 Å². The molecule has 82 valence electrons. The fourth-order valence-corrected chi connectivity index (χ4v) is 3.41. The molecule has 0 aromatic carbocycles. The average Bonchev–Trinajstić information content (AvgIpc) is 2.42. The predicted molar refractivity (Wildman–Crippen MR) is 60.5 cm³/mol. The molecule has 1 N–H and O–H groups in total. The van der Waals surface area contributed by atoms with Gasteiger partial charge < -0.3 is 5.11 Å². The van der Waals surface area contributed by atoms with Gasteiger partial charge in [0, 0.05) is 22.8 Å². The molecule has 3 atom stereocenters. The van der Waals surface area contributed by atoms with E-state index >= 15 is 0 Å². The van der Waals surface area contributed by atoms with E-state index in [0.29, 0.717) is 11.7 Å². The van der Waals surface area contributed by atoms with E-state index in [4.69, 9.17) is 0 Å². The molecule has 0 aromatic heterocycles. The van der Waals surface area contributed by atoms with Gasteiger partial charge in [-0.25, -0.2) is 0 Å². The normalized spacial score (nSPS) is 32.9. The van der Waals surface area contributed by atoms with Gasteiger partial charge in [0.15, 0.2) is 0 Å². The minimum absolute atomic E-state index is 0.141. The number of rotatable bonds is 4. The smallest absolute Gasteiger partial charge is 0.139 e. The van der Waals surface area contributed by atoms with Crippen molar-refractivity contribution in [1.82, 2.24) is 0 Å². The molecular weight excluding hydrogens is 196 g/mol. The number of ketones is 1. The number of aliphatic hydroxyl groups is 1. The van der Waals surface area contributed by atoms with Crippen molar-refractivity contribution in [3.8, 4) is 0 Å². The Kier molecular flexibility index (Phi) is 4.45. The summed E-state index contributed by atoms with van der Waals surface area (Å²) in [5.41, 5.74) is 0. The second-order valence-corrected chi connectivity index (χ2v) is 5.61. The zero-order valence-corrected chi connectivity index (χ0v) is 10.0. The summed E-state index contributed by atoms with van der Waals surface area (Å²) >= 11 is 1.80. The Hall–Kier alpha value is -0.0200. The lowest BCUT2D eigenvalue weighted by atomic mass is 10.1. The molecule has 0 aromatic rings. The number of carbonyl (C=O) groups is 1. The first-order chi connectivity index (χ1) is 6.60. The zero-order valence-electron chi connectivity index (χ0n) is 9.19. The van der Waals surface area contributed by atoms with E-state index in [-0.39, 0.29) is 17.0 Å². The molecule has 0 heterocycles. The minimum atomic E-state index is -0.423. The van der Waals surface area contributed by atoms with Crippen molar-refractivity contribution in [3.05, 3.63) is 0 Å². The summed E-state index contributed by atoms with van der Waals surface area (Å²) in [4.78, 5) is 11.4. The third kappa shape index (κ3) is 2.51.